The minimum Gasteiger partial charge on any atom is -0.342 e. The highest BCUT2D eigenvalue weighted by molar-refractivity contribution is 5.97. The van der Waals surface area contributed by atoms with Crippen molar-refractivity contribution in [3.63, 3.8) is 0 Å². The number of nitrogens with zero attached hydrogens (tertiary/aromatic N) is 1. The summed E-state index contributed by atoms with van der Waals surface area (Å²) in [5, 5.41) is 3.01. The number of carbonyl (C=O) groups excluding carboxylic acids is 2. The van der Waals surface area contributed by atoms with Gasteiger partial charge in [0.15, 0.2) is 0 Å². The molecule has 0 aromatic carbocycles. The Morgan fingerprint density at radius 2 is 1.86 bits per heavy atom. The first kappa shape index (κ1) is 16.3. The maximum Gasteiger partial charge on any atom is 0.246 e. The van der Waals surface area contributed by atoms with Gasteiger partial charge in [-0.05, 0) is 38.5 Å². The lowest BCUT2D eigenvalue weighted by molar-refractivity contribution is -0.153. The summed E-state index contributed by atoms with van der Waals surface area (Å²) in [7, 11) is 0. The van der Waals surface area contributed by atoms with Crippen molar-refractivity contribution >= 4 is 11.8 Å². The van der Waals surface area contributed by atoms with Gasteiger partial charge < -0.3 is 10.2 Å². The normalized spacial score (nSPS) is 29.4. The molecule has 2 fully saturated rings. The van der Waals surface area contributed by atoms with Crippen LogP contribution < -0.4 is 5.32 Å². The van der Waals surface area contributed by atoms with Crippen LogP contribution in [0.2, 0.25) is 0 Å². The van der Waals surface area contributed by atoms with Crippen LogP contribution in [-0.2, 0) is 9.59 Å². The second-order valence-corrected chi connectivity index (χ2v) is 6.66. The van der Waals surface area contributed by atoms with E-state index in [2.05, 4.69) is 19.2 Å². The van der Waals surface area contributed by atoms with Gasteiger partial charge in [-0.3, -0.25) is 9.59 Å². The second kappa shape index (κ2) is 7.28. The molecule has 4 nitrogen and oxygen atoms in total. The van der Waals surface area contributed by atoms with Gasteiger partial charge in [-0.15, -0.1) is 0 Å². The van der Waals surface area contributed by atoms with E-state index in [1.54, 1.807) is 0 Å². The molecule has 1 saturated heterocycles. The molecule has 120 valence electrons. The first-order valence-electron chi connectivity index (χ1n) is 8.72. The molecule has 3 unspecified atom stereocenters. The van der Waals surface area contributed by atoms with Crippen molar-refractivity contribution in [1.82, 2.24) is 10.2 Å². The molecule has 0 aromatic rings. The molecule has 1 N–H and O–H groups in total. The predicted molar refractivity (Wildman–Crippen MR) is 83.8 cm³/mol. The lowest BCUT2D eigenvalue weighted by atomic mass is 9.82. The molecular weight excluding hydrogens is 264 g/mol. The zero-order chi connectivity index (χ0) is 15.4. The van der Waals surface area contributed by atoms with E-state index in [1.807, 2.05) is 11.8 Å². The standard InChI is InChI=1S/C17H30N2O2/c1-4-9-14(5-2)19-12(3)16(20)18-15(17(19)21)13-10-7-6-8-11-13/h12-15H,4-11H2,1-3H3,(H,18,20). The number of nitrogens with one attached hydrogen (secondary N) is 1. The van der Waals surface area contributed by atoms with Gasteiger partial charge in [0.2, 0.25) is 11.8 Å². The average Bonchev–Trinajstić information content (AvgIpc) is 2.51. The van der Waals surface area contributed by atoms with Crippen LogP contribution in [0, 0.1) is 5.92 Å². The fourth-order valence-corrected chi connectivity index (χ4v) is 3.97. The van der Waals surface area contributed by atoms with E-state index >= 15 is 0 Å². The molecule has 4 heteroatoms. The van der Waals surface area contributed by atoms with E-state index in [0.29, 0.717) is 5.92 Å². The van der Waals surface area contributed by atoms with Gasteiger partial charge in [-0.2, -0.15) is 0 Å². The van der Waals surface area contributed by atoms with Crippen molar-refractivity contribution < 1.29 is 9.59 Å². The maximum absolute atomic E-state index is 13.0. The fraction of sp³-hybridized carbons (Fsp3) is 0.882. The first-order chi connectivity index (χ1) is 10.1. The summed E-state index contributed by atoms with van der Waals surface area (Å²) in [6.07, 6.45) is 8.74. The first-order valence-corrected chi connectivity index (χ1v) is 8.72. The molecule has 0 aromatic heterocycles. The van der Waals surface area contributed by atoms with Gasteiger partial charge >= 0.3 is 0 Å². The van der Waals surface area contributed by atoms with E-state index in [9.17, 15) is 9.59 Å². The molecular formula is C17H30N2O2. The van der Waals surface area contributed by atoms with Gasteiger partial charge in [-0.1, -0.05) is 39.5 Å². The third-order valence-electron chi connectivity index (χ3n) is 5.22. The molecule has 2 amide bonds. The molecule has 0 radical (unpaired) electrons. The summed E-state index contributed by atoms with van der Waals surface area (Å²) in [4.78, 5) is 27.2. The summed E-state index contributed by atoms with van der Waals surface area (Å²) >= 11 is 0. The lowest BCUT2D eigenvalue weighted by Crippen LogP contribution is -2.66. The Bertz CT molecular complexity index is 377. The summed E-state index contributed by atoms with van der Waals surface area (Å²) in [5.74, 6) is 0.526. The lowest BCUT2D eigenvalue weighted by Gasteiger charge is -2.44. The largest absolute Gasteiger partial charge is 0.342 e. The number of piperazine rings is 1. The van der Waals surface area contributed by atoms with Gasteiger partial charge in [0.25, 0.3) is 0 Å². The highest BCUT2D eigenvalue weighted by atomic mass is 16.2. The zero-order valence-electron chi connectivity index (χ0n) is 13.7. The van der Waals surface area contributed by atoms with Crippen LogP contribution in [-0.4, -0.2) is 34.8 Å². The SMILES string of the molecule is CCCC(CC)N1C(=O)C(C2CCCCC2)NC(=O)C1C. The number of amides is 2. The molecule has 0 bridgehead atoms. The Morgan fingerprint density at radius 3 is 2.43 bits per heavy atom. The van der Waals surface area contributed by atoms with Crippen LogP contribution in [0.3, 0.4) is 0 Å². The van der Waals surface area contributed by atoms with E-state index in [0.717, 1.165) is 32.1 Å². The molecule has 3 atom stereocenters. The van der Waals surface area contributed by atoms with Crippen molar-refractivity contribution in [3.05, 3.63) is 0 Å². The van der Waals surface area contributed by atoms with E-state index in [-0.39, 0.29) is 29.9 Å². The van der Waals surface area contributed by atoms with Crippen molar-refractivity contribution in [3.8, 4) is 0 Å². The Morgan fingerprint density at radius 1 is 1.19 bits per heavy atom. The highest BCUT2D eigenvalue weighted by Gasteiger charge is 2.43. The third kappa shape index (κ3) is 3.41. The minimum atomic E-state index is -0.325. The summed E-state index contributed by atoms with van der Waals surface area (Å²) in [5.41, 5.74) is 0. The number of rotatable bonds is 5. The van der Waals surface area contributed by atoms with E-state index < -0.39 is 0 Å². The molecule has 1 aliphatic carbocycles. The molecule has 21 heavy (non-hydrogen) atoms. The Hall–Kier alpha value is -1.06. The topological polar surface area (TPSA) is 49.4 Å². The molecule has 2 aliphatic rings. The van der Waals surface area contributed by atoms with Gasteiger partial charge in [0, 0.05) is 6.04 Å². The fourth-order valence-electron chi connectivity index (χ4n) is 3.97. The third-order valence-corrected chi connectivity index (χ3v) is 5.22. The zero-order valence-corrected chi connectivity index (χ0v) is 13.7. The Kier molecular flexibility index (Phi) is 5.65. The van der Waals surface area contributed by atoms with Crippen molar-refractivity contribution in [2.24, 2.45) is 5.92 Å². The quantitative estimate of drug-likeness (QED) is 0.847. The number of hydrogen-bond acceptors (Lipinski definition) is 2. The van der Waals surface area contributed by atoms with Crippen molar-refractivity contribution in [2.75, 3.05) is 0 Å². The van der Waals surface area contributed by atoms with Crippen LogP contribution in [0.4, 0.5) is 0 Å². The van der Waals surface area contributed by atoms with Crippen LogP contribution >= 0.6 is 0 Å². The Balaban J connectivity index is 2.17. The van der Waals surface area contributed by atoms with Gasteiger partial charge in [-0.25, -0.2) is 0 Å². The highest BCUT2D eigenvalue weighted by Crippen LogP contribution is 2.30. The molecule has 1 saturated carbocycles. The molecule has 1 aliphatic heterocycles. The summed E-state index contributed by atoms with van der Waals surface area (Å²) in [6.45, 7) is 6.12. The minimum absolute atomic E-state index is 0.0275. The molecule has 0 spiro atoms. The predicted octanol–water partition coefficient (Wildman–Crippen LogP) is 2.86. The van der Waals surface area contributed by atoms with Crippen LogP contribution in [0.25, 0.3) is 0 Å². The van der Waals surface area contributed by atoms with Crippen LogP contribution in [0.1, 0.15) is 72.1 Å². The monoisotopic (exact) mass is 294 g/mol. The van der Waals surface area contributed by atoms with Crippen LogP contribution in [0.15, 0.2) is 0 Å². The maximum atomic E-state index is 13.0. The molecule has 1 heterocycles. The smallest absolute Gasteiger partial charge is 0.246 e. The van der Waals surface area contributed by atoms with Crippen LogP contribution in [0.5, 0.6) is 0 Å². The van der Waals surface area contributed by atoms with Crippen molar-refractivity contribution in [1.29, 1.82) is 0 Å². The van der Waals surface area contributed by atoms with E-state index in [4.69, 9.17) is 0 Å². The number of carbonyl (C=O) groups is 2. The summed E-state index contributed by atoms with van der Waals surface area (Å²) in [6, 6.07) is -0.400. The average molecular weight is 294 g/mol. The van der Waals surface area contributed by atoms with E-state index in [1.165, 1.54) is 19.3 Å². The van der Waals surface area contributed by atoms with Crippen molar-refractivity contribution in [2.45, 2.75) is 90.3 Å². The number of hydrogen-bond donors (Lipinski definition) is 1. The van der Waals surface area contributed by atoms with Gasteiger partial charge in [0.1, 0.15) is 12.1 Å². The summed E-state index contributed by atoms with van der Waals surface area (Å²) < 4.78 is 0. The van der Waals surface area contributed by atoms with Gasteiger partial charge in [0.05, 0.1) is 0 Å². The second-order valence-electron chi connectivity index (χ2n) is 6.66. The molecule has 2 rings (SSSR count). The Labute approximate surface area is 128 Å².